The van der Waals surface area contributed by atoms with Gasteiger partial charge in [0, 0.05) is 11.1 Å². The SMILES string of the molecule is C=C(C)C(=O)OCC(COC(=O)C(=C)C)OC(=O)CCC(=O)OCCOCCOCCO[Si](C)(C)OCCO. The van der Waals surface area contributed by atoms with Gasteiger partial charge in [0.15, 0.2) is 6.10 Å². The van der Waals surface area contributed by atoms with Crippen molar-refractivity contribution < 1.29 is 61.6 Å². The molecule has 224 valence electrons. The van der Waals surface area contributed by atoms with Crippen LogP contribution in [-0.2, 0) is 56.5 Å². The number of hydrogen-bond donors (Lipinski definition) is 1. The smallest absolute Gasteiger partial charge is 0.333 e. The molecular formula is C25H42O13Si. The molecule has 0 bridgehead atoms. The second-order valence-corrected chi connectivity index (χ2v) is 12.0. The molecule has 0 atom stereocenters. The highest BCUT2D eigenvalue weighted by Gasteiger charge is 2.24. The van der Waals surface area contributed by atoms with Crippen LogP contribution in [0, 0.1) is 0 Å². The predicted molar refractivity (Wildman–Crippen MR) is 140 cm³/mol. The minimum atomic E-state index is -2.26. The van der Waals surface area contributed by atoms with Crippen LogP contribution in [0.1, 0.15) is 26.7 Å². The summed E-state index contributed by atoms with van der Waals surface area (Å²) < 4.78 is 41.9. The lowest BCUT2D eigenvalue weighted by atomic mass is 10.3. The van der Waals surface area contributed by atoms with Crippen LogP contribution in [0.25, 0.3) is 0 Å². The minimum Gasteiger partial charge on any atom is -0.463 e. The molecule has 1 N–H and O–H groups in total. The van der Waals surface area contributed by atoms with E-state index in [1.807, 2.05) is 13.1 Å². The van der Waals surface area contributed by atoms with Gasteiger partial charge in [-0.2, -0.15) is 0 Å². The first-order valence-corrected chi connectivity index (χ1v) is 15.2. The largest absolute Gasteiger partial charge is 0.463 e. The average Bonchev–Trinajstić information content (AvgIpc) is 2.88. The van der Waals surface area contributed by atoms with Crippen LogP contribution in [0.4, 0.5) is 0 Å². The van der Waals surface area contributed by atoms with E-state index in [-0.39, 0.29) is 63.6 Å². The van der Waals surface area contributed by atoms with Gasteiger partial charge in [-0.15, -0.1) is 0 Å². The normalized spacial score (nSPS) is 11.1. The van der Waals surface area contributed by atoms with Crippen molar-refractivity contribution in [1.82, 2.24) is 0 Å². The van der Waals surface area contributed by atoms with Crippen molar-refractivity contribution in [3.63, 3.8) is 0 Å². The third-order valence-corrected chi connectivity index (χ3v) is 6.21. The van der Waals surface area contributed by atoms with Crippen LogP contribution in [0.3, 0.4) is 0 Å². The Morgan fingerprint density at radius 2 is 1.15 bits per heavy atom. The summed E-state index contributed by atoms with van der Waals surface area (Å²) in [7, 11) is -2.26. The molecule has 0 aromatic rings. The molecule has 14 heteroatoms. The molecule has 0 saturated heterocycles. The number of aliphatic hydroxyl groups excluding tert-OH is 1. The van der Waals surface area contributed by atoms with Crippen LogP contribution in [0.2, 0.25) is 13.1 Å². The zero-order chi connectivity index (χ0) is 29.7. The van der Waals surface area contributed by atoms with E-state index in [2.05, 4.69) is 13.2 Å². The molecule has 0 aliphatic rings. The molecule has 0 aliphatic carbocycles. The monoisotopic (exact) mass is 578 g/mol. The van der Waals surface area contributed by atoms with Gasteiger partial charge in [0.2, 0.25) is 0 Å². The van der Waals surface area contributed by atoms with E-state index in [1.54, 1.807) is 0 Å². The van der Waals surface area contributed by atoms with E-state index in [4.69, 9.17) is 42.4 Å². The molecule has 0 aliphatic heterocycles. The number of aliphatic hydroxyl groups is 1. The third-order valence-electron chi connectivity index (χ3n) is 4.41. The van der Waals surface area contributed by atoms with Crippen molar-refractivity contribution in [2.45, 2.75) is 45.9 Å². The van der Waals surface area contributed by atoms with Gasteiger partial charge >= 0.3 is 32.4 Å². The maximum Gasteiger partial charge on any atom is 0.333 e. The molecule has 13 nitrogen and oxygen atoms in total. The van der Waals surface area contributed by atoms with Crippen LogP contribution >= 0.6 is 0 Å². The minimum absolute atomic E-state index is 0.00465. The summed E-state index contributed by atoms with van der Waals surface area (Å²) in [5.41, 5.74) is 0.297. The fraction of sp³-hybridized carbons (Fsp3) is 0.680. The first-order chi connectivity index (χ1) is 18.4. The Balaban J connectivity index is 4.07. The Kier molecular flexibility index (Phi) is 19.8. The molecule has 0 spiro atoms. The van der Waals surface area contributed by atoms with Gasteiger partial charge in [-0.25, -0.2) is 9.59 Å². The number of carbonyl (C=O) groups is 4. The van der Waals surface area contributed by atoms with Crippen LogP contribution in [0.15, 0.2) is 24.3 Å². The Bertz CT molecular complexity index is 767. The van der Waals surface area contributed by atoms with Gasteiger partial charge < -0.3 is 42.4 Å². The molecule has 0 aromatic heterocycles. The quantitative estimate of drug-likeness (QED) is 0.0606. The topological polar surface area (TPSA) is 162 Å². The second kappa shape index (κ2) is 21.2. The van der Waals surface area contributed by atoms with E-state index >= 15 is 0 Å². The second-order valence-electron chi connectivity index (χ2n) is 8.64. The Hall–Kier alpha value is -2.62. The van der Waals surface area contributed by atoms with Gasteiger partial charge in [0.1, 0.15) is 19.8 Å². The lowest BCUT2D eigenvalue weighted by molar-refractivity contribution is -0.165. The summed E-state index contributed by atoms with van der Waals surface area (Å²) in [6, 6.07) is 0. The molecule has 0 saturated carbocycles. The lowest BCUT2D eigenvalue weighted by Gasteiger charge is -2.22. The van der Waals surface area contributed by atoms with Gasteiger partial charge in [0.05, 0.1) is 59.1 Å². The van der Waals surface area contributed by atoms with Crippen molar-refractivity contribution in [3.8, 4) is 0 Å². The van der Waals surface area contributed by atoms with E-state index in [0.717, 1.165) is 0 Å². The number of esters is 4. The first kappa shape index (κ1) is 36.4. The highest BCUT2D eigenvalue weighted by atomic mass is 28.4. The van der Waals surface area contributed by atoms with Gasteiger partial charge in [-0.05, 0) is 26.9 Å². The maximum atomic E-state index is 12.1. The molecular weight excluding hydrogens is 536 g/mol. The number of rotatable bonds is 23. The zero-order valence-electron chi connectivity index (χ0n) is 23.3. The van der Waals surface area contributed by atoms with Crippen molar-refractivity contribution in [1.29, 1.82) is 0 Å². The molecule has 0 radical (unpaired) electrons. The van der Waals surface area contributed by atoms with Gasteiger partial charge in [-0.3, -0.25) is 9.59 Å². The lowest BCUT2D eigenvalue weighted by Crippen LogP contribution is -2.37. The summed E-state index contributed by atoms with van der Waals surface area (Å²) in [6.45, 7) is 14.5. The highest BCUT2D eigenvalue weighted by Crippen LogP contribution is 2.06. The van der Waals surface area contributed by atoms with Gasteiger partial charge in [-0.1, -0.05) is 13.2 Å². The average molecular weight is 579 g/mol. The van der Waals surface area contributed by atoms with Crippen molar-refractivity contribution in [3.05, 3.63) is 24.3 Å². The van der Waals surface area contributed by atoms with Crippen LogP contribution in [0.5, 0.6) is 0 Å². The highest BCUT2D eigenvalue weighted by molar-refractivity contribution is 6.64. The summed E-state index contributed by atoms with van der Waals surface area (Å²) in [4.78, 5) is 47.2. The standard InChI is InChI=1S/C25H42O13Si/c1-19(2)24(29)34-17-21(18-35-25(30)20(3)4)38-23(28)8-7-22(27)33-15-13-31-11-12-32-14-16-37-39(5,6)36-10-9-26/h21,26H,1,3,7-18H2,2,4-6H3. The molecule has 0 unspecified atom stereocenters. The fourth-order valence-electron chi connectivity index (χ4n) is 2.44. The van der Waals surface area contributed by atoms with Crippen LogP contribution < -0.4 is 0 Å². The summed E-state index contributed by atoms with van der Waals surface area (Å²) >= 11 is 0. The third kappa shape index (κ3) is 20.9. The predicted octanol–water partition coefficient (Wildman–Crippen LogP) is 1.22. The molecule has 0 aromatic carbocycles. The van der Waals surface area contributed by atoms with Crippen molar-refractivity contribution >= 4 is 32.4 Å². The van der Waals surface area contributed by atoms with Crippen molar-refractivity contribution in [2.24, 2.45) is 0 Å². The molecule has 0 amide bonds. The maximum absolute atomic E-state index is 12.1. The Labute approximate surface area is 230 Å². The van der Waals surface area contributed by atoms with E-state index in [0.29, 0.717) is 26.4 Å². The summed E-state index contributed by atoms with van der Waals surface area (Å²) in [5, 5.41) is 8.78. The molecule has 0 fully saturated rings. The van der Waals surface area contributed by atoms with Crippen LogP contribution in [-0.4, -0.2) is 110 Å². The van der Waals surface area contributed by atoms with E-state index in [1.165, 1.54) is 13.8 Å². The Morgan fingerprint density at radius 1 is 0.692 bits per heavy atom. The molecule has 0 heterocycles. The summed E-state index contributed by atoms with van der Waals surface area (Å²) in [5.74, 6) is -2.78. The Morgan fingerprint density at radius 3 is 1.67 bits per heavy atom. The summed E-state index contributed by atoms with van der Waals surface area (Å²) in [6.07, 6.45) is -1.61. The first-order valence-electron chi connectivity index (χ1n) is 12.4. The van der Waals surface area contributed by atoms with E-state index < -0.39 is 38.5 Å². The fourth-order valence-corrected chi connectivity index (χ4v) is 3.68. The molecule has 39 heavy (non-hydrogen) atoms. The van der Waals surface area contributed by atoms with Crippen molar-refractivity contribution in [2.75, 3.05) is 66.1 Å². The zero-order valence-corrected chi connectivity index (χ0v) is 24.3. The van der Waals surface area contributed by atoms with E-state index in [9.17, 15) is 19.2 Å². The number of carbonyl (C=O) groups excluding carboxylic acids is 4. The number of hydrogen-bond acceptors (Lipinski definition) is 13. The number of ether oxygens (including phenoxy) is 6. The van der Waals surface area contributed by atoms with Gasteiger partial charge in [0.25, 0.3) is 0 Å². The molecule has 0 rings (SSSR count).